The van der Waals surface area contributed by atoms with Gasteiger partial charge in [-0.25, -0.2) is 0 Å². The van der Waals surface area contributed by atoms with E-state index < -0.39 is 0 Å². The Morgan fingerprint density at radius 3 is 3.04 bits per heavy atom. The third kappa shape index (κ3) is 4.00. The van der Waals surface area contributed by atoms with Crippen LogP contribution in [0.15, 0.2) is 24.3 Å². The molecule has 1 aromatic carbocycles. The minimum absolute atomic E-state index is 0.539. The van der Waals surface area contributed by atoms with Crippen molar-refractivity contribution in [1.29, 1.82) is 0 Å². The van der Waals surface area contributed by atoms with Gasteiger partial charge in [0.15, 0.2) is 0 Å². The van der Waals surface area contributed by atoms with Gasteiger partial charge < -0.3 is 25.0 Å². The van der Waals surface area contributed by atoms with Crippen LogP contribution in [-0.2, 0) is 4.74 Å². The van der Waals surface area contributed by atoms with Crippen molar-refractivity contribution in [3.8, 4) is 5.75 Å². The lowest BCUT2D eigenvalue weighted by molar-refractivity contribution is 0.0523. The molecule has 2 saturated heterocycles. The minimum Gasteiger partial charge on any atom is -0.495 e. The van der Waals surface area contributed by atoms with E-state index >= 15 is 0 Å². The summed E-state index contributed by atoms with van der Waals surface area (Å²) in [7, 11) is 1.76. The number of rotatable bonds is 6. The lowest BCUT2D eigenvalue weighted by atomic mass is 9.93. The zero-order valence-electron chi connectivity index (χ0n) is 16.0. The van der Waals surface area contributed by atoms with Crippen molar-refractivity contribution in [2.24, 2.45) is 11.8 Å². The largest absolute Gasteiger partial charge is 0.495 e. The van der Waals surface area contributed by atoms with Gasteiger partial charge in [-0.15, -0.1) is 0 Å². The van der Waals surface area contributed by atoms with Gasteiger partial charge in [0, 0.05) is 31.7 Å². The summed E-state index contributed by atoms with van der Waals surface area (Å²) in [5, 5.41) is 7.59. The molecule has 5 nitrogen and oxygen atoms in total. The molecule has 4 atom stereocenters. The number of morpholine rings is 1. The molecule has 4 unspecified atom stereocenters. The van der Waals surface area contributed by atoms with Crippen LogP contribution >= 0.6 is 0 Å². The average Bonchev–Trinajstić information content (AvgIpc) is 3.36. The summed E-state index contributed by atoms with van der Waals surface area (Å²) in [6.07, 6.45) is 5.24. The summed E-state index contributed by atoms with van der Waals surface area (Å²) in [6, 6.07) is 9.57. The standard InChI is InChI=1S/C21H33N3O2/c1-25-21-8-3-2-7-20(21)24-11-9-16(14-24)13-23-18-6-4-5-17(18)19-15-26-12-10-22-19/h2-3,7-8,16-19,22-23H,4-6,9-15H2,1H3. The fourth-order valence-corrected chi connectivity index (χ4v) is 5.01. The van der Waals surface area contributed by atoms with Crippen molar-refractivity contribution in [3.63, 3.8) is 0 Å². The number of benzene rings is 1. The molecule has 1 saturated carbocycles. The number of hydrogen-bond acceptors (Lipinski definition) is 5. The number of nitrogens with zero attached hydrogens (tertiary/aromatic N) is 1. The first kappa shape index (κ1) is 18.1. The molecule has 144 valence electrons. The molecule has 0 aromatic heterocycles. The van der Waals surface area contributed by atoms with Gasteiger partial charge in [-0.3, -0.25) is 0 Å². The van der Waals surface area contributed by atoms with Gasteiger partial charge in [-0.2, -0.15) is 0 Å². The lowest BCUT2D eigenvalue weighted by Gasteiger charge is -2.33. The topological polar surface area (TPSA) is 45.8 Å². The molecular formula is C21H33N3O2. The average molecular weight is 360 g/mol. The maximum absolute atomic E-state index is 5.70. The number of nitrogens with one attached hydrogen (secondary N) is 2. The summed E-state index contributed by atoms with van der Waals surface area (Å²) in [5.74, 6) is 2.43. The molecule has 2 aliphatic heterocycles. The van der Waals surface area contributed by atoms with E-state index in [-0.39, 0.29) is 0 Å². The third-order valence-electron chi connectivity index (χ3n) is 6.42. The van der Waals surface area contributed by atoms with E-state index in [0.717, 1.165) is 57.0 Å². The Labute approximate surface area is 157 Å². The fourth-order valence-electron chi connectivity index (χ4n) is 5.01. The zero-order chi connectivity index (χ0) is 17.8. The molecule has 5 heteroatoms. The van der Waals surface area contributed by atoms with Crippen molar-refractivity contribution >= 4 is 5.69 Å². The summed E-state index contributed by atoms with van der Waals surface area (Å²) in [5.41, 5.74) is 1.24. The maximum Gasteiger partial charge on any atom is 0.142 e. The van der Waals surface area contributed by atoms with Gasteiger partial charge in [-0.1, -0.05) is 18.6 Å². The second kappa shape index (κ2) is 8.59. The normalized spacial score (nSPS) is 32.1. The lowest BCUT2D eigenvalue weighted by Crippen LogP contribution is -2.51. The Kier molecular flexibility index (Phi) is 5.98. The van der Waals surface area contributed by atoms with Crippen LogP contribution in [0.2, 0.25) is 0 Å². The monoisotopic (exact) mass is 359 g/mol. The van der Waals surface area contributed by atoms with Crippen LogP contribution < -0.4 is 20.3 Å². The molecule has 0 radical (unpaired) electrons. The van der Waals surface area contributed by atoms with Crippen molar-refractivity contribution in [1.82, 2.24) is 10.6 Å². The Morgan fingerprint density at radius 1 is 1.27 bits per heavy atom. The van der Waals surface area contributed by atoms with E-state index in [2.05, 4.69) is 33.7 Å². The van der Waals surface area contributed by atoms with Gasteiger partial charge in [-0.05, 0) is 49.8 Å². The molecular weight excluding hydrogens is 326 g/mol. The summed E-state index contributed by atoms with van der Waals surface area (Å²) in [4.78, 5) is 2.48. The van der Waals surface area contributed by atoms with E-state index in [1.807, 2.05) is 6.07 Å². The molecule has 2 N–H and O–H groups in total. The first-order valence-corrected chi connectivity index (χ1v) is 10.3. The van der Waals surface area contributed by atoms with Gasteiger partial charge >= 0.3 is 0 Å². The molecule has 1 aromatic rings. The van der Waals surface area contributed by atoms with Crippen LogP contribution in [0.1, 0.15) is 25.7 Å². The maximum atomic E-state index is 5.70. The Morgan fingerprint density at radius 2 is 2.19 bits per heavy atom. The summed E-state index contributed by atoms with van der Waals surface area (Å²) in [6.45, 7) is 6.12. The number of ether oxygens (including phenoxy) is 2. The molecule has 26 heavy (non-hydrogen) atoms. The van der Waals surface area contributed by atoms with Gasteiger partial charge in [0.2, 0.25) is 0 Å². The highest BCUT2D eigenvalue weighted by atomic mass is 16.5. The molecule has 3 aliphatic rings. The smallest absolute Gasteiger partial charge is 0.142 e. The van der Waals surface area contributed by atoms with Crippen molar-refractivity contribution in [3.05, 3.63) is 24.3 Å². The molecule has 4 rings (SSSR count). The molecule has 0 bridgehead atoms. The number of para-hydroxylation sites is 2. The number of methoxy groups -OCH3 is 1. The van der Waals surface area contributed by atoms with E-state index in [0.29, 0.717) is 12.1 Å². The summed E-state index contributed by atoms with van der Waals surface area (Å²) >= 11 is 0. The van der Waals surface area contributed by atoms with Crippen molar-refractivity contribution in [2.45, 2.75) is 37.8 Å². The van der Waals surface area contributed by atoms with E-state index in [1.54, 1.807) is 7.11 Å². The van der Waals surface area contributed by atoms with Crippen LogP contribution in [0, 0.1) is 11.8 Å². The van der Waals surface area contributed by atoms with E-state index in [1.165, 1.54) is 31.4 Å². The molecule has 3 fully saturated rings. The predicted molar refractivity (Wildman–Crippen MR) is 105 cm³/mol. The van der Waals surface area contributed by atoms with Crippen molar-refractivity contribution < 1.29 is 9.47 Å². The van der Waals surface area contributed by atoms with Crippen LogP contribution in [-0.4, -0.2) is 58.6 Å². The van der Waals surface area contributed by atoms with Gasteiger partial charge in [0.1, 0.15) is 5.75 Å². The number of anilines is 1. The second-order valence-electron chi connectivity index (χ2n) is 8.02. The van der Waals surface area contributed by atoms with Crippen LogP contribution in [0.4, 0.5) is 5.69 Å². The first-order chi connectivity index (χ1) is 12.8. The quantitative estimate of drug-likeness (QED) is 0.816. The van der Waals surface area contributed by atoms with Gasteiger partial charge in [0.25, 0.3) is 0 Å². The second-order valence-corrected chi connectivity index (χ2v) is 8.02. The third-order valence-corrected chi connectivity index (χ3v) is 6.42. The minimum atomic E-state index is 0.539. The Balaban J connectivity index is 1.29. The summed E-state index contributed by atoms with van der Waals surface area (Å²) < 4.78 is 11.2. The van der Waals surface area contributed by atoms with E-state index in [9.17, 15) is 0 Å². The highest BCUT2D eigenvalue weighted by Crippen LogP contribution is 2.33. The molecule has 2 heterocycles. The predicted octanol–water partition coefficient (Wildman–Crippen LogP) is 2.27. The highest BCUT2D eigenvalue weighted by molar-refractivity contribution is 5.59. The Bertz CT molecular complexity index is 576. The van der Waals surface area contributed by atoms with Gasteiger partial charge in [0.05, 0.1) is 26.0 Å². The number of hydrogen-bond donors (Lipinski definition) is 2. The SMILES string of the molecule is COc1ccccc1N1CCC(CNC2CCCC2C2COCCN2)C1. The molecule has 1 aliphatic carbocycles. The Hall–Kier alpha value is -1.30. The van der Waals surface area contributed by atoms with Crippen LogP contribution in [0.5, 0.6) is 5.75 Å². The first-order valence-electron chi connectivity index (χ1n) is 10.3. The highest BCUT2D eigenvalue weighted by Gasteiger charge is 2.35. The molecule has 0 spiro atoms. The molecule has 0 amide bonds. The zero-order valence-corrected chi connectivity index (χ0v) is 16.0. The van der Waals surface area contributed by atoms with E-state index in [4.69, 9.17) is 9.47 Å². The van der Waals surface area contributed by atoms with Crippen molar-refractivity contribution in [2.75, 3.05) is 51.4 Å². The van der Waals surface area contributed by atoms with Crippen LogP contribution in [0.3, 0.4) is 0 Å². The fraction of sp³-hybridized carbons (Fsp3) is 0.714. The van der Waals surface area contributed by atoms with Crippen LogP contribution in [0.25, 0.3) is 0 Å².